The Morgan fingerprint density at radius 1 is 1.16 bits per heavy atom. The molecule has 0 unspecified atom stereocenters. The number of guanidine groups is 1. The van der Waals surface area contributed by atoms with Crippen molar-refractivity contribution in [1.29, 1.82) is 0 Å². The van der Waals surface area contributed by atoms with Crippen LogP contribution in [0, 0.1) is 0 Å². The molecule has 25 heavy (non-hydrogen) atoms. The van der Waals surface area contributed by atoms with Gasteiger partial charge in [-0.3, -0.25) is 4.99 Å². The predicted octanol–water partition coefficient (Wildman–Crippen LogP) is 3.18. The fraction of sp³-hybridized carbons (Fsp3) is 0.300. The van der Waals surface area contributed by atoms with Gasteiger partial charge in [-0.25, -0.2) is 4.98 Å². The highest BCUT2D eigenvalue weighted by atomic mass is 15.1. The second-order valence-corrected chi connectivity index (χ2v) is 6.49. The minimum Gasteiger partial charge on any atom is -0.370 e. The van der Waals surface area contributed by atoms with Gasteiger partial charge in [0.15, 0.2) is 5.96 Å². The van der Waals surface area contributed by atoms with E-state index in [2.05, 4.69) is 33.5 Å². The maximum atomic E-state index is 6.09. The first-order valence-electron chi connectivity index (χ1n) is 8.90. The van der Waals surface area contributed by atoms with E-state index in [1.807, 2.05) is 35.0 Å². The van der Waals surface area contributed by atoms with Gasteiger partial charge in [-0.05, 0) is 55.0 Å². The summed E-state index contributed by atoms with van der Waals surface area (Å²) in [7, 11) is 0. The average Bonchev–Trinajstić information content (AvgIpc) is 3.05. The summed E-state index contributed by atoms with van der Waals surface area (Å²) < 4.78 is 2.02. The third-order valence-electron chi connectivity index (χ3n) is 4.72. The van der Waals surface area contributed by atoms with E-state index in [1.54, 1.807) is 0 Å². The number of hydrogen-bond acceptors (Lipinski definition) is 2. The van der Waals surface area contributed by atoms with Crippen LogP contribution >= 0.6 is 0 Å². The van der Waals surface area contributed by atoms with Crippen LogP contribution in [0.1, 0.15) is 29.7 Å². The normalized spacial score (nSPS) is 14.5. The van der Waals surface area contributed by atoms with Gasteiger partial charge in [0.1, 0.15) is 5.65 Å². The zero-order valence-electron chi connectivity index (χ0n) is 14.3. The Morgan fingerprint density at radius 3 is 3.00 bits per heavy atom. The molecule has 0 atom stereocenters. The lowest BCUT2D eigenvalue weighted by Crippen LogP contribution is -2.24. The van der Waals surface area contributed by atoms with Crippen molar-refractivity contribution in [2.45, 2.75) is 32.1 Å². The molecule has 5 nitrogen and oxygen atoms in total. The number of aromatic nitrogens is 2. The zero-order valence-corrected chi connectivity index (χ0v) is 14.3. The number of nitrogens with zero attached hydrogens (tertiary/aromatic N) is 3. The van der Waals surface area contributed by atoms with Crippen LogP contribution in [0.15, 0.2) is 53.8 Å². The molecule has 1 aliphatic carbocycles. The summed E-state index contributed by atoms with van der Waals surface area (Å²) in [6.45, 7) is 0.623. The lowest BCUT2D eigenvalue weighted by atomic mass is 9.90. The van der Waals surface area contributed by atoms with Gasteiger partial charge in [0.2, 0.25) is 0 Å². The Hall–Kier alpha value is -2.82. The van der Waals surface area contributed by atoms with Crippen LogP contribution in [0.4, 0.5) is 5.69 Å². The van der Waals surface area contributed by atoms with Crippen LogP contribution in [0.5, 0.6) is 0 Å². The van der Waals surface area contributed by atoms with Crippen molar-refractivity contribution in [3.63, 3.8) is 0 Å². The molecule has 0 aliphatic heterocycles. The Labute approximate surface area is 147 Å². The van der Waals surface area contributed by atoms with Gasteiger partial charge in [0, 0.05) is 31.0 Å². The zero-order chi connectivity index (χ0) is 17.1. The first kappa shape index (κ1) is 15.7. The second-order valence-electron chi connectivity index (χ2n) is 6.49. The lowest BCUT2D eigenvalue weighted by molar-refractivity contribution is 0.687. The molecular weight excluding hydrogens is 310 g/mol. The molecule has 0 saturated carbocycles. The summed E-state index contributed by atoms with van der Waals surface area (Å²) in [4.78, 5) is 9.05. The number of aliphatic imine (C=N–C) groups is 1. The standard InChI is InChI=1S/C20H23N5/c21-20(24-18-9-5-7-15-6-1-2-8-17(15)18)22-12-11-16-14-25-13-4-3-10-19(25)23-16/h3-5,7,9-10,13-14H,1-2,6,8,11-12H2,(H3,21,22,24). The fourth-order valence-corrected chi connectivity index (χ4v) is 3.47. The fourth-order valence-electron chi connectivity index (χ4n) is 3.47. The number of nitrogens with two attached hydrogens (primary N) is 1. The van der Waals surface area contributed by atoms with Gasteiger partial charge in [0.25, 0.3) is 0 Å². The van der Waals surface area contributed by atoms with Gasteiger partial charge in [0.05, 0.1) is 5.69 Å². The van der Waals surface area contributed by atoms with Crippen molar-refractivity contribution in [2.24, 2.45) is 10.7 Å². The predicted molar refractivity (Wildman–Crippen MR) is 102 cm³/mol. The third kappa shape index (κ3) is 3.50. The number of pyridine rings is 1. The van der Waals surface area contributed by atoms with Gasteiger partial charge in [-0.1, -0.05) is 18.2 Å². The molecule has 0 saturated heterocycles. The largest absolute Gasteiger partial charge is 0.370 e. The molecule has 2 aromatic heterocycles. The van der Waals surface area contributed by atoms with Crippen LogP contribution in [0.25, 0.3) is 5.65 Å². The maximum Gasteiger partial charge on any atom is 0.193 e. The number of fused-ring (bicyclic) bond motifs is 2. The van der Waals surface area contributed by atoms with E-state index in [-0.39, 0.29) is 0 Å². The molecule has 0 bridgehead atoms. The molecule has 4 rings (SSSR count). The number of benzene rings is 1. The van der Waals surface area contributed by atoms with Gasteiger partial charge in [-0.15, -0.1) is 0 Å². The van der Waals surface area contributed by atoms with Crippen molar-refractivity contribution in [1.82, 2.24) is 9.38 Å². The molecule has 3 N–H and O–H groups in total. The molecule has 5 heteroatoms. The number of aryl methyl sites for hydroxylation is 1. The first-order valence-corrected chi connectivity index (χ1v) is 8.90. The summed E-state index contributed by atoms with van der Waals surface area (Å²) in [6, 6.07) is 12.4. The van der Waals surface area contributed by atoms with Gasteiger partial charge < -0.3 is 15.5 Å². The molecule has 1 aliphatic rings. The molecule has 0 spiro atoms. The van der Waals surface area contributed by atoms with Crippen molar-refractivity contribution >= 4 is 17.3 Å². The van der Waals surface area contributed by atoms with E-state index in [0.29, 0.717) is 12.5 Å². The molecule has 3 aromatic rings. The SMILES string of the molecule is NC(=NCCc1cn2ccccc2n1)Nc1cccc2c1CCCC2. The lowest BCUT2D eigenvalue weighted by Gasteiger charge is -2.19. The van der Waals surface area contributed by atoms with Crippen LogP contribution in [0.3, 0.4) is 0 Å². The van der Waals surface area contributed by atoms with Crippen molar-refractivity contribution in [2.75, 3.05) is 11.9 Å². The summed E-state index contributed by atoms with van der Waals surface area (Å²) in [5.74, 6) is 0.475. The highest BCUT2D eigenvalue weighted by Gasteiger charge is 2.13. The van der Waals surface area contributed by atoms with E-state index in [9.17, 15) is 0 Å². The van der Waals surface area contributed by atoms with E-state index >= 15 is 0 Å². The minimum atomic E-state index is 0.475. The van der Waals surface area contributed by atoms with Crippen LogP contribution in [-0.2, 0) is 19.3 Å². The number of rotatable bonds is 4. The number of hydrogen-bond donors (Lipinski definition) is 2. The topological polar surface area (TPSA) is 67.7 Å². The van der Waals surface area contributed by atoms with Crippen LogP contribution in [-0.4, -0.2) is 21.9 Å². The minimum absolute atomic E-state index is 0.475. The first-order chi connectivity index (χ1) is 12.3. The number of imidazole rings is 1. The number of anilines is 1. The highest BCUT2D eigenvalue weighted by molar-refractivity contribution is 5.93. The molecule has 128 valence electrons. The summed E-state index contributed by atoms with van der Waals surface area (Å²) in [5, 5.41) is 3.29. The summed E-state index contributed by atoms with van der Waals surface area (Å²) >= 11 is 0. The van der Waals surface area contributed by atoms with Crippen molar-refractivity contribution in [3.8, 4) is 0 Å². The molecule has 0 amide bonds. The molecular formula is C20H23N5. The third-order valence-corrected chi connectivity index (χ3v) is 4.72. The highest BCUT2D eigenvalue weighted by Crippen LogP contribution is 2.27. The average molecular weight is 333 g/mol. The molecule has 0 fully saturated rings. The molecule has 1 aromatic carbocycles. The Bertz CT molecular complexity index is 876. The second kappa shape index (κ2) is 6.97. The van der Waals surface area contributed by atoms with Gasteiger partial charge >= 0.3 is 0 Å². The van der Waals surface area contributed by atoms with E-state index in [1.165, 1.54) is 24.0 Å². The monoisotopic (exact) mass is 333 g/mol. The van der Waals surface area contributed by atoms with Crippen molar-refractivity contribution in [3.05, 3.63) is 65.6 Å². The smallest absolute Gasteiger partial charge is 0.193 e. The molecule has 2 heterocycles. The van der Waals surface area contributed by atoms with Gasteiger partial charge in [-0.2, -0.15) is 0 Å². The Balaban J connectivity index is 1.40. The van der Waals surface area contributed by atoms with Crippen LogP contribution < -0.4 is 11.1 Å². The number of nitrogens with one attached hydrogen (secondary N) is 1. The summed E-state index contributed by atoms with van der Waals surface area (Å²) in [6.07, 6.45) is 9.63. The van der Waals surface area contributed by atoms with E-state index in [4.69, 9.17) is 5.73 Å². The summed E-state index contributed by atoms with van der Waals surface area (Å²) in [5.41, 5.74) is 12.0. The van der Waals surface area contributed by atoms with Crippen molar-refractivity contribution < 1.29 is 0 Å². The quantitative estimate of drug-likeness (QED) is 0.569. The maximum absolute atomic E-state index is 6.09. The van der Waals surface area contributed by atoms with E-state index < -0.39 is 0 Å². The Kier molecular flexibility index (Phi) is 4.37. The Morgan fingerprint density at radius 2 is 2.08 bits per heavy atom. The molecule has 0 radical (unpaired) electrons. The van der Waals surface area contributed by atoms with E-state index in [0.717, 1.165) is 36.3 Å². The van der Waals surface area contributed by atoms with Crippen LogP contribution in [0.2, 0.25) is 0 Å².